The van der Waals surface area contributed by atoms with Gasteiger partial charge in [-0.05, 0) is 94.3 Å². The maximum atomic E-state index is 13.5. The van der Waals surface area contributed by atoms with Crippen LogP contribution in [-0.2, 0) is 27.4 Å². The minimum atomic E-state index is -0.830. The van der Waals surface area contributed by atoms with Crippen LogP contribution in [0, 0.1) is 20.8 Å². The van der Waals surface area contributed by atoms with E-state index in [0.717, 1.165) is 48.3 Å². The molecule has 2 aromatic rings. The number of allylic oxidation sites excluding steroid dienone is 3. The SMILES string of the molecule is CCOC(=O)C(OC(C)(C)C)c1c(C)c2c(c(C)c1-c1ccc(C)cc1)CN(CC1=CC=C(F)CC1)C2. The number of hydrogen-bond acceptors (Lipinski definition) is 4. The second kappa shape index (κ2) is 10.9. The Morgan fingerprint density at radius 3 is 2.22 bits per heavy atom. The van der Waals surface area contributed by atoms with Crippen LogP contribution in [0.4, 0.5) is 4.39 Å². The molecule has 198 valence electrons. The Balaban J connectivity index is 1.85. The lowest BCUT2D eigenvalue weighted by Crippen LogP contribution is -2.30. The maximum absolute atomic E-state index is 13.5. The molecule has 0 saturated carbocycles. The molecule has 0 bridgehead atoms. The van der Waals surface area contributed by atoms with Crippen LogP contribution in [0.3, 0.4) is 0 Å². The third-order valence-electron chi connectivity index (χ3n) is 7.27. The van der Waals surface area contributed by atoms with Crippen LogP contribution < -0.4 is 0 Å². The number of ether oxygens (including phenoxy) is 2. The smallest absolute Gasteiger partial charge is 0.339 e. The molecule has 5 heteroatoms. The highest BCUT2D eigenvalue weighted by atomic mass is 19.1. The van der Waals surface area contributed by atoms with Crippen LogP contribution in [-0.4, -0.2) is 29.6 Å². The molecule has 1 atom stereocenters. The lowest BCUT2D eigenvalue weighted by atomic mass is 9.83. The molecule has 1 unspecified atom stereocenters. The van der Waals surface area contributed by atoms with Crippen LogP contribution in [0.2, 0.25) is 0 Å². The molecule has 4 rings (SSSR count). The molecular weight excluding hydrogens is 465 g/mol. The molecule has 0 N–H and O–H groups in total. The van der Waals surface area contributed by atoms with E-state index in [1.807, 2.05) is 33.8 Å². The number of aryl methyl sites for hydroxylation is 1. The predicted molar refractivity (Wildman–Crippen MR) is 147 cm³/mol. The normalized spacial score (nSPS) is 16.8. The van der Waals surface area contributed by atoms with Crippen molar-refractivity contribution in [1.82, 2.24) is 4.90 Å². The number of carbonyl (C=O) groups excluding carboxylic acids is 1. The number of carbonyl (C=O) groups is 1. The summed E-state index contributed by atoms with van der Waals surface area (Å²) >= 11 is 0. The van der Waals surface area contributed by atoms with E-state index in [1.54, 1.807) is 6.08 Å². The molecule has 1 heterocycles. The summed E-state index contributed by atoms with van der Waals surface area (Å²) in [6, 6.07) is 8.48. The molecule has 0 saturated heterocycles. The Morgan fingerprint density at radius 1 is 1.00 bits per heavy atom. The van der Waals surface area contributed by atoms with Gasteiger partial charge in [0.2, 0.25) is 0 Å². The van der Waals surface area contributed by atoms with E-state index in [4.69, 9.17) is 9.47 Å². The monoisotopic (exact) mass is 505 g/mol. The highest BCUT2D eigenvalue weighted by Crippen LogP contribution is 2.44. The third-order valence-corrected chi connectivity index (χ3v) is 7.27. The minimum Gasteiger partial charge on any atom is -0.464 e. The van der Waals surface area contributed by atoms with Gasteiger partial charge in [0.15, 0.2) is 6.10 Å². The van der Waals surface area contributed by atoms with Crippen molar-refractivity contribution in [2.45, 2.75) is 86.1 Å². The molecule has 4 nitrogen and oxygen atoms in total. The number of rotatable bonds is 7. The van der Waals surface area contributed by atoms with E-state index in [0.29, 0.717) is 13.0 Å². The molecule has 0 fully saturated rings. The molecule has 1 aliphatic heterocycles. The lowest BCUT2D eigenvalue weighted by Gasteiger charge is -2.31. The zero-order chi connectivity index (χ0) is 26.9. The maximum Gasteiger partial charge on any atom is 0.339 e. The Labute approximate surface area is 221 Å². The summed E-state index contributed by atoms with van der Waals surface area (Å²) in [5.41, 5.74) is 9.77. The van der Waals surface area contributed by atoms with Crippen molar-refractivity contribution in [3.05, 3.63) is 81.2 Å². The first-order chi connectivity index (χ1) is 17.5. The van der Waals surface area contributed by atoms with Gasteiger partial charge in [-0.1, -0.05) is 41.5 Å². The number of hydrogen-bond donors (Lipinski definition) is 0. The third kappa shape index (κ3) is 6.05. The zero-order valence-corrected chi connectivity index (χ0v) is 23.3. The van der Waals surface area contributed by atoms with E-state index < -0.39 is 11.7 Å². The molecule has 0 spiro atoms. The van der Waals surface area contributed by atoms with Gasteiger partial charge in [0.05, 0.1) is 12.2 Å². The first-order valence-electron chi connectivity index (χ1n) is 13.3. The summed E-state index contributed by atoms with van der Waals surface area (Å²) in [5, 5.41) is 0. The topological polar surface area (TPSA) is 38.8 Å². The van der Waals surface area contributed by atoms with Gasteiger partial charge in [-0.15, -0.1) is 0 Å². The second-order valence-electron chi connectivity index (χ2n) is 11.3. The van der Waals surface area contributed by atoms with Gasteiger partial charge in [-0.3, -0.25) is 4.90 Å². The van der Waals surface area contributed by atoms with Gasteiger partial charge >= 0.3 is 5.97 Å². The molecule has 1 aliphatic carbocycles. The number of fused-ring (bicyclic) bond motifs is 1. The largest absolute Gasteiger partial charge is 0.464 e. The summed E-state index contributed by atoms with van der Waals surface area (Å²) in [6.45, 7) is 16.8. The lowest BCUT2D eigenvalue weighted by molar-refractivity contribution is -0.166. The summed E-state index contributed by atoms with van der Waals surface area (Å²) in [7, 11) is 0. The molecule has 2 aromatic carbocycles. The fourth-order valence-electron chi connectivity index (χ4n) is 5.49. The molecular formula is C32H40FNO3. The van der Waals surface area contributed by atoms with Crippen molar-refractivity contribution in [3.8, 4) is 11.1 Å². The van der Waals surface area contributed by atoms with Crippen molar-refractivity contribution in [2.24, 2.45) is 0 Å². The Kier molecular flexibility index (Phi) is 8.05. The van der Waals surface area contributed by atoms with Gasteiger partial charge in [0.25, 0.3) is 0 Å². The van der Waals surface area contributed by atoms with Crippen molar-refractivity contribution in [3.63, 3.8) is 0 Å². The van der Waals surface area contributed by atoms with Crippen LogP contribution in [0.1, 0.15) is 80.0 Å². The van der Waals surface area contributed by atoms with Crippen LogP contribution in [0.25, 0.3) is 11.1 Å². The zero-order valence-electron chi connectivity index (χ0n) is 23.3. The van der Waals surface area contributed by atoms with Crippen LogP contribution in [0.15, 0.2) is 47.8 Å². The predicted octanol–water partition coefficient (Wildman–Crippen LogP) is 7.59. The standard InChI is InChI=1S/C32H40FNO3/c1-8-36-31(35)30(37-32(5,6)7)29-22(4)27-19-34(17-23-11-15-25(33)16-12-23)18-26(27)21(3)28(29)24-13-9-20(2)10-14-24/h9-11,13-15,30H,8,12,16-19H2,1-7H3. The second-order valence-corrected chi connectivity index (χ2v) is 11.3. The summed E-state index contributed by atoms with van der Waals surface area (Å²) in [4.78, 5) is 15.8. The van der Waals surface area contributed by atoms with Gasteiger partial charge < -0.3 is 9.47 Å². The summed E-state index contributed by atoms with van der Waals surface area (Å²) in [5.74, 6) is -0.402. The van der Waals surface area contributed by atoms with Gasteiger partial charge in [-0.25, -0.2) is 9.18 Å². The summed E-state index contributed by atoms with van der Waals surface area (Å²) in [6.07, 6.45) is 3.94. The fraction of sp³-hybridized carbons (Fsp3) is 0.469. The Bertz CT molecular complexity index is 1230. The Morgan fingerprint density at radius 2 is 1.65 bits per heavy atom. The highest BCUT2D eigenvalue weighted by molar-refractivity contribution is 5.85. The van der Waals surface area contributed by atoms with Crippen molar-refractivity contribution in [2.75, 3.05) is 13.2 Å². The molecule has 0 aromatic heterocycles. The first kappa shape index (κ1) is 27.3. The van der Waals surface area contributed by atoms with Crippen LogP contribution in [0.5, 0.6) is 0 Å². The number of benzene rings is 2. The quantitative estimate of drug-likeness (QED) is 0.364. The van der Waals surface area contributed by atoms with Gasteiger partial charge in [0.1, 0.15) is 5.83 Å². The number of halogens is 1. The highest BCUT2D eigenvalue weighted by Gasteiger charge is 2.36. The first-order valence-corrected chi connectivity index (χ1v) is 13.3. The van der Waals surface area contributed by atoms with Gasteiger partial charge in [-0.2, -0.15) is 0 Å². The Hall–Kier alpha value is -2.76. The average molecular weight is 506 g/mol. The minimum absolute atomic E-state index is 0.0450. The molecule has 0 amide bonds. The fourth-order valence-corrected chi connectivity index (χ4v) is 5.49. The van der Waals surface area contributed by atoms with Gasteiger partial charge in [0, 0.05) is 31.6 Å². The molecule has 2 aliphatic rings. The van der Waals surface area contributed by atoms with Crippen LogP contribution >= 0.6 is 0 Å². The average Bonchev–Trinajstić information content (AvgIpc) is 3.26. The van der Waals surface area contributed by atoms with Crippen molar-refractivity contribution >= 4 is 5.97 Å². The number of nitrogens with zero attached hydrogens (tertiary/aromatic N) is 1. The van der Waals surface area contributed by atoms with E-state index in [1.165, 1.54) is 27.8 Å². The summed E-state index contributed by atoms with van der Waals surface area (Å²) < 4.78 is 25.5. The number of esters is 1. The molecule has 0 radical (unpaired) electrons. The molecule has 37 heavy (non-hydrogen) atoms. The van der Waals surface area contributed by atoms with E-state index >= 15 is 0 Å². The van der Waals surface area contributed by atoms with Crippen molar-refractivity contribution in [1.29, 1.82) is 0 Å². The van der Waals surface area contributed by atoms with E-state index in [2.05, 4.69) is 49.9 Å². The van der Waals surface area contributed by atoms with E-state index in [-0.39, 0.29) is 11.8 Å². The van der Waals surface area contributed by atoms with E-state index in [9.17, 15) is 9.18 Å². The van der Waals surface area contributed by atoms with Crippen molar-refractivity contribution < 1.29 is 18.7 Å².